The molecule has 0 spiro atoms. The van der Waals surface area contributed by atoms with E-state index in [-0.39, 0.29) is 18.5 Å². The Morgan fingerprint density at radius 2 is 1.68 bits per heavy atom. The first-order valence-electron chi connectivity index (χ1n) is 7.44. The molecule has 0 aliphatic carbocycles. The van der Waals surface area contributed by atoms with Gasteiger partial charge in [-0.1, -0.05) is 25.7 Å². The normalized spacial score (nSPS) is 27.6. The summed E-state index contributed by atoms with van der Waals surface area (Å²) in [4.78, 5) is 11.5. The van der Waals surface area contributed by atoms with Crippen molar-refractivity contribution in [1.29, 1.82) is 0 Å². The van der Waals surface area contributed by atoms with E-state index < -0.39 is 0 Å². The third kappa shape index (κ3) is 9.34. The monoisotopic (exact) mass is 266 g/mol. The van der Waals surface area contributed by atoms with Crippen LogP contribution in [0.2, 0.25) is 0 Å². The van der Waals surface area contributed by atoms with E-state index >= 15 is 0 Å². The lowest BCUT2D eigenvalue weighted by Gasteiger charge is -2.12. The molecule has 1 rings (SSSR count). The molecule has 1 atom stereocenters. The zero-order chi connectivity index (χ0) is 13.8. The molecule has 0 aromatic heterocycles. The average Bonchev–Trinajstić information content (AvgIpc) is 2.38. The molecule has 0 amide bonds. The van der Waals surface area contributed by atoms with Crippen LogP contribution in [-0.4, -0.2) is 12.1 Å². The molecule has 0 N–H and O–H groups in total. The predicted octanol–water partition coefficient (Wildman–Crippen LogP) is 4.49. The predicted molar refractivity (Wildman–Crippen MR) is 76.5 cm³/mol. The highest BCUT2D eigenvalue weighted by Gasteiger charge is 2.07. The van der Waals surface area contributed by atoms with Gasteiger partial charge in [-0.2, -0.15) is 0 Å². The van der Waals surface area contributed by atoms with Gasteiger partial charge in [-0.05, 0) is 44.8 Å². The fourth-order valence-electron chi connectivity index (χ4n) is 2.10. The summed E-state index contributed by atoms with van der Waals surface area (Å²) in [5, 5.41) is 0. The molecule has 0 aromatic rings. The molecule has 3 heteroatoms. The maximum absolute atomic E-state index is 11.5. The molecule has 3 nitrogen and oxygen atoms in total. The second-order valence-corrected chi connectivity index (χ2v) is 5.08. The van der Waals surface area contributed by atoms with Gasteiger partial charge < -0.3 is 9.47 Å². The van der Waals surface area contributed by atoms with Crippen LogP contribution < -0.4 is 0 Å². The highest BCUT2D eigenvalue weighted by atomic mass is 16.5. The molecule has 0 aromatic carbocycles. The Hall–Kier alpha value is -1.25. The van der Waals surface area contributed by atoms with Crippen molar-refractivity contribution in [2.45, 2.75) is 70.8 Å². The summed E-state index contributed by atoms with van der Waals surface area (Å²) >= 11 is 0. The van der Waals surface area contributed by atoms with Crippen molar-refractivity contribution in [2.24, 2.45) is 0 Å². The van der Waals surface area contributed by atoms with E-state index in [1.54, 1.807) is 18.6 Å². The molecule has 0 bridgehead atoms. The molecular formula is C16H26O3. The van der Waals surface area contributed by atoms with E-state index in [0.29, 0.717) is 0 Å². The van der Waals surface area contributed by atoms with Gasteiger partial charge in [0.1, 0.15) is 0 Å². The topological polar surface area (TPSA) is 35.5 Å². The first-order valence-corrected chi connectivity index (χ1v) is 7.44. The van der Waals surface area contributed by atoms with Crippen LogP contribution in [0.25, 0.3) is 0 Å². The SMILES string of the molecule is CC1CCCCCCCC/C=C\O/C=C\CC(=O)O1. The molecule has 0 radical (unpaired) electrons. The summed E-state index contributed by atoms with van der Waals surface area (Å²) in [5.41, 5.74) is 0. The zero-order valence-corrected chi connectivity index (χ0v) is 12.0. The third-order valence-corrected chi connectivity index (χ3v) is 3.20. The molecule has 1 unspecified atom stereocenters. The van der Waals surface area contributed by atoms with Gasteiger partial charge in [0, 0.05) is 0 Å². The quantitative estimate of drug-likeness (QED) is 0.606. The molecule has 0 saturated carbocycles. The van der Waals surface area contributed by atoms with Gasteiger partial charge in [-0.25, -0.2) is 0 Å². The van der Waals surface area contributed by atoms with E-state index in [0.717, 1.165) is 19.3 Å². The molecule has 1 aliphatic rings. The van der Waals surface area contributed by atoms with Gasteiger partial charge in [0.2, 0.25) is 0 Å². The Bertz CT molecular complexity index is 294. The van der Waals surface area contributed by atoms with Crippen molar-refractivity contribution < 1.29 is 14.3 Å². The van der Waals surface area contributed by atoms with Crippen LogP contribution in [0, 0.1) is 0 Å². The van der Waals surface area contributed by atoms with Crippen LogP contribution in [0.5, 0.6) is 0 Å². The lowest BCUT2D eigenvalue weighted by molar-refractivity contribution is -0.147. The number of hydrogen-bond acceptors (Lipinski definition) is 3. The number of allylic oxidation sites excluding steroid dienone is 1. The van der Waals surface area contributed by atoms with Crippen LogP contribution in [0.15, 0.2) is 24.7 Å². The Kier molecular flexibility index (Phi) is 8.86. The van der Waals surface area contributed by atoms with E-state index in [9.17, 15) is 4.79 Å². The van der Waals surface area contributed by atoms with Crippen LogP contribution >= 0.6 is 0 Å². The molecule has 1 heterocycles. The summed E-state index contributed by atoms with van der Waals surface area (Å²) < 4.78 is 10.5. The summed E-state index contributed by atoms with van der Waals surface area (Å²) in [5.74, 6) is -0.180. The fourth-order valence-corrected chi connectivity index (χ4v) is 2.10. The van der Waals surface area contributed by atoms with E-state index in [1.165, 1.54) is 32.1 Å². The smallest absolute Gasteiger partial charge is 0.310 e. The first kappa shape index (κ1) is 15.8. The van der Waals surface area contributed by atoms with Crippen molar-refractivity contribution in [3.8, 4) is 0 Å². The third-order valence-electron chi connectivity index (χ3n) is 3.20. The lowest BCUT2D eigenvalue weighted by atomic mass is 10.1. The second kappa shape index (κ2) is 10.7. The molecule has 0 fully saturated rings. The maximum Gasteiger partial charge on any atom is 0.310 e. The van der Waals surface area contributed by atoms with Crippen molar-refractivity contribution >= 4 is 5.97 Å². The van der Waals surface area contributed by atoms with Gasteiger partial charge in [-0.15, -0.1) is 0 Å². The van der Waals surface area contributed by atoms with Crippen LogP contribution in [-0.2, 0) is 14.3 Å². The Labute approximate surface area is 116 Å². The van der Waals surface area contributed by atoms with Crippen LogP contribution in [0.4, 0.5) is 0 Å². The number of hydrogen-bond donors (Lipinski definition) is 0. The van der Waals surface area contributed by atoms with Crippen LogP contribution in [0.1, 0.15) is 64.7 Å². The molecule has 108 valence electrons. The van der Waals surface area contributed by atoms with Gasteiger partial charge in [-0.3, -0.25) is 4.79 Å². The average molecular weight is 266 g/mol. The minimum absolute atomic E-state index is 0.0254. The second-order valence-electron chi connectivity index (χ2n) is 5.08. The van der Waals surface area contributed by atoms with E-state index in [1.807, 2.05) is 13.0 Å². The number of carbonyl (C=O) groups excluding carboxylic acids is 1. The highest BCUT2D eigenvalue weighted by molar-refractivity contribution is 5.71. The van der Waals surface area contributed by atoms with Crippen LogP contribution in [0.3, 0.4) is 0 Å². The number of ether oxygens (including phenoxy) is 2. The van der Waals surface area contributed by atoms with Crippen molar-refractivity contribution in [1.82, 2.24) is 0 Å². The number of cyclic esters (lactones) is 1. The number of carbonyl (C=O) groups is 1. The standard InChI is InChI=1S/C16H26O3/c1-15-11-8-6-4-2-3-5-7-9-13-18-14-10-12-16(17)19-15/h9-10,13-15H,2-8,11-12H2,1H3/b13-9-,14-10-. The minimum Gasteiger partial charge on any atom is -0.473 e. The van der Waals surface area contributed by atoms with E-state index in [2.05, 4.69) is 0 Å². The molecule has 1 aliphatic heterocycles. The fraction of sp³-hybridized carbons (Fsp3) is 0.688. The number of rotatable bonds is 0. The summed E-state index contributed by atoms with van der Waals surface area (Å²) in [6.07, 6.45) is 16.7. The van der Waals surface area contributed by atoms with Crippen molar-refractivity contribution in [2.75, 3.05) is 0 Å². The van der Waals surface area contributed by atoms with Gasteiger partial charge in [0.15, 0.2) is 0 Å². The van der Waals surface area contributed by atoms with Gasteiger partial charge >= 0.3 is 5.97 Å². The summed E-state index contributed by atoms with van der Waals surface area (Å²) in [7, 11) is 0. The van der Waals surface area contributed by atoms with Gasteiger partial charge in [0.05, 0.1) is 25.0 Å². The Balaban J connectivity index is 2.34. The summed E-state index contributed by atoms with van der Waals surface area (Å²) in [6, 6.07) is 0. The van der Waals surface area contributed by atoms with Crippen molar-refractivity contribution in [3.05, 3.63) is 24.7 Å². The minimum atomic E-state index is -0.180. The lowest BCUT2D eigenvalue weighted by Crippen LogP contribution is -2.14. The van der Waals surface area contributed by atoms with Gasteiger partial charge in [0.25, 0.3) is 0 Å². The van der Waals surface area contributed by atoms with E-state index in [4.69, 9.17) is 9.47 Å². The highest BCUT2D eigenvalue weighted by Crippen LogP contribution is 2.12. The zero-order valence-electron chi connectivity index (χ0n) is 12.0. The molecular weight excluding hydrogens is 240 g/mol. The number of esters is 1. The summed E-state index contributed by atoms with van der Waals surface area (Å²) in [6.45, 7) is 1.97. The maximum atomic E-state index is 11.5. The Morgan fingerprint density at radius 3 is 2.53 bits per heavy atom. The Morgan fingerprint density at radius 1 is 1.00 bits per heavy atom. The largest absolute Gasteiger partial charge is 0.473 e. The molecule has 0 saturated heterocycles. The van der Waals surface area contributed by atoms with Crippen molar-refractivity contribution in [3.63, 3.8) is 0 Å². The first-order chi connectivity index (χ1) is 9.29. The molecule has 19 heavy (non-hydrogen) atoms.